The molecular weight excluding hydrogens is 379 g/mol. The Bertz CT molecular complexity index is 681. The monoisotopic (exact) mass is 396 g/mol. The highest BCUT2D eigenvalue weighted by Crippen LogP contribution is 2.39. The normalized spacial score (nSPS) is 27.4. The van der Waals surface area contributed by atoms with E-state index >= 15 is 0 Å². The Morgan fingerprint density at radius 3 is 2.61 bits per heavy atom. The van der Waals surface area contributed by atoms with E-state index in [0.717, 1.165) is 17.1 Å². The molecule has 0 saturated carbocycles. The zero-order valence-electron chi connectivity index (χ0n) is 12.6. The highest BCUT2D eigenvalue weighted by Gasteiger charge is 2.46. The molecule has 5 nitrogen and oxygen atoms in total. The number of hydrogen-bond donors (Lipinski definition) is 0. The lowest BCUT2D eigenvalue weighted by molar-refractivity contribution is -0.110. The van der Waals surface area contributed by atoms with Crippen LogP contribution in [0.1, 0.15) is 11.6 Å². The van der Waals surface area contributed by atoms with Crippen LogP contribution in [0.15, 0.2) is 18.2 Å². The van der Waals surface area contributed by atoms with Gasteiger partial charge in [-0.3, -0.25) is 4.84 Å². The zero-order valence-corrected chi connectivity index (χ0v) is 15.8. The molecule has 1 aromatic rings. The maximum absolute atomic E-state index is 13.0. The quantitative estimate of drug-likeness (QED) is 0.785. The number of rotatable bonds is 3. The van der Waals surface area contributed by atoms with Crippen molar-refractivity contribution in [1.82, 2.24) is 9.37 Å². The van der Waals surface area contributed by atoms with Crippen molar-refractivity contribution in [1.29, 1.82) is 0 Å². The highest BCUT2D eigenvalue weighted by atomic mass is 35.5. The Morgan fingerprint density at radius 1 is 1.26 bits per heavy atom. The van der Waals surface area contributed by atoms with E-state index in [0.29, 0.717) is 23.1 Å². The summed E-state index contributed by atoms with van der Waals surface area (Å²) in [6.07, 6.45) is 0. The summed E-state index contributed by atoms with van der Waals surface area (Å²) in [6, 6.07) is 4.68. The van der Waals surface area contributed by atoms with Gasteiger partial charge in [0.25, 0.3) is 0 Å². The lowest BCUT2D eigenvalue weighted by atomic mass is 10.0. The van der Waals surface area contributed by atoms with E-state index in [4.69, 9.17) is 28.0 Å². The Kier molecular flexibility index (Phi) is 5.47. The predicted molar refractivity (Wildman–Crippen MR) is 94.5 cm³/mol. The van der Waals surface area contributed by atoms with Crippen molar-refractivity contribution >= 4 is 45.0 Å². The molecule has 128 valence electrons. The molecule has 0 amide bonds. The Balaban J connectivity index is 1.94. The first kappa shape index (κ1) is 17.8. The molecule has 0 bridgehead atoms. The van der Waals surface area contributed by atoms with Crippen LogP contribution in [0.4, 0.5) is 0 Å². The number of hydroxylamine groups is 2. The Morgan fingerprint density at radius 2 is 1.96 bits per heavy atom. The van der Waals surface area contributed by atoms with Gasteiger partial charge < -0.3 is 0 Å². The van der Waals surface area contributed by atoms with Gasteiger partial charge in [-0.1, -0.05) is 29.3 Å². The summed E-state index contributed by atoms with van der Waals surface area (Å²) in [4.78, 5) is 5.53. The highest BCUT2D eigenvalue weighted by molar-refractivity contribution is 7.99. The minimum absolute atomic E-state index is 0.131. The number of sulfonamides is 1. The number of thioether (sulfide) groups is 1. The second-order valence-corrected chi connectivity index (χ2v) is 9.77. The van der Waals surface area contributed by atoms with Gasteiger partial charge in [0.15, 0.2) is 0 Å². The maximum Gasteiger partial charge on any atom is 0.221 e. The van der Waals surface area contributed by atoms with Crippen LogP contribution < -0.4 is 0 Å². The molecule has 9 heteroatoms. The van der Waals surface area contributed by atoms with E-state index in [-0.39, 0.29) is 6.61 Å². The average Bonchev–Trinajstić information content (AvgIpc) is 2.91. The molecule has 0 aliphatic carbocycles. The fourth-order valence-corrected chi connectivity index (χ4v) is 6.58. The molecule has 2 heterocycles. The second kappa shape index (κ2) is 7.07. The van der Waals surface area contributed by atoms with E-state index < -0.39 is 21.3 Å². The summed E-state index contributed by atoms with van der Waals surface area (Å²) >= 11 is 14.0. The largest absolute Gasteiger partial charge is 0.297 e. The molecule has 0 aromatic heterocycles. The lowest BCUT2D eigenvalue weighted by Gasteiger charge is -2.31. The molecular formula is C14H18Cl2N2O3S2. The van der Waals surface area contributed by atoms with Crippen molar-refractivity contribution in [3.05, 3.63) is 33.8 Å². The molecule has 3 rings (SSSR count). The molecule has 2 aliphatic rings. The van der Waals surface area contributed by atoms with Crippen LogP contribution in [0.3, 0.4) is 0 Å². The lowest BCUT2D eigenvalue weighted by Crippen LogP contribution is -2.45. The summed E-state index contributed by atoms with van der Waals surface area (Å²) in [7, 11) is -1.72. The first-order chi connectivity index (χ1) is 10.9. The molecule has 0 spiro atoms. The van der Waals surface area contributed by atoms with Crippen molar-refractivity contribution in [2.45, 2.75) is 11.3 Å². The molecule has 23 heavy (non-hydrogen) atoms. The van der Waals surface area contributed by atoms with Crippen molar-refractivity contribution < 1.29 is 13.3 Å². The van der Waals surface area contributed by atoms with Gasteiger partial charge >= 0.3 is 0 Å². The second-order valence-electron chi connectivity index (χ2n) is 5.55. The topological polar surface area (TPSA) is 49.9 Å². The molecule has 0 radical (unpaired) electrons. The van der Waals surface area contributed by atoms with E-state index in [2.05, 4.69) is 0 Å². The van der Waals surface area contributed by atoms with Gasteiger partial charge in [0, 0.05) is 41.7 Å². The fraction of sp³-hybridized carbons (Fsp3) is 0.571. The van der Waals surface area contributed by atoms with Crippen molar-refractivity contribution in [2.75, 3.05) is 38.2 Å². The third kappa shape index (κ3) is 3.51. The molecule has 2 aliphatic heterocycles. The smallest absolute Gasteiger partial charge is 0.221 e. The molecule has 2 saturated heterocycles. The van der Waals surface area contributed by atoms with E-state index in [1.54, 1.807) is 46.4 Å². The van der Waals surface area contributed by atoms with Gasteiger partial charge in [0.1, 0.15) is 5.25 Å². The summed E-state index contributed by atoms with van der Waals surface area (Å²) < 4.78 is 27.6. The van der Waals surface area contributed by atoms with Gasteiger partial charge in [-0.25, -0.2) is 8.42 Å². The number of nitrogens with zero attached hydrogens (tertiary/aromatic N) is 2. The average molecular weight is 397 g/mol. The SMILES string of the molecule is CN1OC[C@H](S(=O)(=O)N2CCSCC2)[C@@H]1c1ccc(Cl)cc1Cl. The zero-order chi connectivity index (χ0) is 16.6. The number of hydrogen-bond acceptors (Lipinski definition) is 5. The first-order valence-corrected chi connectivity index (χ1v) is 10.7. The summed E-state index contributed by atoms with van der Waals surface area (Å²) in [5.74, 6) is 1.66. The van der Waals surface area contributed by atoms with Crippen molar-refractivity contribution in [3.63, 3.8) is 0 Å². The maximum atomic E-state index is 13.0. The van der Waals surface area contributed by atoms with Gasteiger partial charge in [-0.15, -0.1) is 0 Å². The van der Waals surface area contributed by atoms with Crippen molar-refractivity contribution in [3.8, 4) is 0 Å². The van der Waals surface area contributed by atoms with Crippen LogP contribution in [0.5, 0.6) is 0 Å². The van der Waals surface area contributed by atoms with E-state index in [1.165, 1.54) is 0 Å². The van der Waals surface area contributed by atoms with Gasteiger partial charge in [0.05, 0.1) is 12.6 Å². The first-order valence-electron chi connectivity index (χ1n) is 7.28. The molecule has 1 aromatic carbocycles. The standard InChI is InChI=1S/C14H18Cl2N2O3S2/c1-17-14(11-3-2-10(15)8-12(11)16)13(9-21-17)23(19,20)18-4-6-22-7-5-18/h2-3,8,13-14H,4-7,9H2,1H3/t13-,14-/m0/s1. The van der Waals surface area contributed by atoms with Gasteiger partial charge in [-0.05, 0) is 17.7 Å². The van der Waals surface area contributed by atoms with Gasteiger partial charge in [-0.2, -0.15) is 21.1 Å². The van der Waals surface area contributed by atoms with Crippen LogP contribution in [-0.4, -0.2) is 61.3 Å². The summed E-state index contributed by atoms with van der Waals surface area (Å²) in [5, 5.41) is 1.88. The van der Waals surface area contributed by atoms with Crippen LogP contribution in [-0.2, 0) is 14.9 Å². The predicted octanol–water partition coefficient (Wildman–Crippen LogP) is 2.66. The van der Waals surface area contributed by atoms with E-state index in [1.807, 2.05) is 0 Å². The minimum atomic E-state index is -3.46. The number of halogens is 2. The Labute approximate surface area is 150 Å². The molecule has 0 unspecified atom stereocenters. The minimum Gasteiger partial charge on any atom is -0.297 e. The van der Waals surface area contributed by atoms with Crippen LogP contribution >= 0.6 is 35.0 Å². The Hall–Kier alpha value is -0.0200. The fourth-order valence-electron chi connectivity index (χ4n) is 2.98. The molecule has 0 N–H and O–H groups in total. The molecule has 2 fully saturated rings. The molecule has 2 atom stereocenters. The van der Waals surface area contributed by atoms with E-state index in [9.17, 15) is 8.42 Å². The third-order valence-electron chi connectivity index (χ3n) is 4.18. The number of benzene rings is 1. The van der Waals surface area contributed by atoms with Crippen LogP contribution in [0, 0.1) is 0 Å². The summed E-state index contributed by atoms with van der Waals surface area (Å²) in [5.41, 5.74) is 0.719. The van der Waals surface area contributed by atoms with Crippen molar-refractivity contribution in [2.24, 2.45) is 0 Å². The van der Waals surface area contributed by atoms with Crippen LogP contribution in [0.25, 0.3) is 0 Å². The summed E-state index contributed by atoms with van der Waals surface area (Å²) in [6.45, 7) is 1.23. The van der Waals surface area contributed by atoms with Crippen LogP contribution in [0.2, 0.25) is 10.0 Å². The third-order valence-corrected chi connectivity index (χ3v) is 7.93. The van der Waals surface area contributed by atoms with Gasteiger partial charge in [0.2, 0.25) is 10.0 Å².